The SMILES string of the molecule is Cc1ccc(N2CCC3(CN(CCO)CCC3(F)F)C2)nn1. The average Bonchev–Trinajstić information content (AvgIpc) is 2.90. The predicted octanol–water partition coefficient (Wildman–Crippen LogP) is 1.31. The number of nitrogens with zero attached hydrogens (tertiary/aromatic N) is 4. The van der Waals surface area contributed by atoms with Crippen molar-refractivity contribution in [2.24, 2.45) is 5.41 Å². The van der Waals surface area contributed by atoms with Crippen LogP contribution in [0.2, 0.25) is 0 Å². The second-order valence-electron chi connectivity index (χ2n) is 6.44. The molecule has 0 amide bonds. The number of aryl methyl sites for hydroxylation is 1. The summed E-state index contributed by atoms with van der Waals surface area (Å²) in [5.41, 5.74) is -0.234. The van der Waals surface area contributed by atoms with E-state index in [2.05, 4.69) is 10.2 Å². The summed E-state index contributed by atoms with van der Waals surface area (Å²) in [6, 6.07) is 3.69. The van der Waals surface area contributed by atoms with E-state index in [1.165, 1.54) is 0 Å². The van der Waals surface area contributed by atoms with Gasteiger partial charge in [-0.3, -0.25) is 4.90 Å². The Labute approximate surface area is 128 Å². The molecule has 0 bridgehead atoms. The van der Waals surface area contributed by atoms with Gasteiger partial charge in [-0.15, -0.1) is 5.10 Å². The van der Waals surface area contributed by atoms with Gasteiger partial charge in [0.2, 0.25) is 0 Å². The fourth-order valence-electron chi connectivity index (χ4n) is 3.57. The van der Waals surface area contributed by atoms with Crippen LogP contribution in [0.1, 0.15) is 18.5 Å². The Morgan fingerprint density at radius 3 is 2.68 bits per heavy atom. The van der Waals surface area contributed by atoms with Gasteiger partial charge in [0.05, 0.1) is 17.7 Å². The number of halogens is 2. The van der Waals surface area contributed by atoms with E-state index in [4.69, 9.17) is 5.11 Å². The summed E-state index contributed by atoms with van der Waals surface area (Å²) in [5.74, 6) is -2.01. The molecule has 1 aromatic heterocycles. The predicted molar refractivity (Wildman–Crippen MR) is 79.1 cm³/mol. The highest BCUT2D eigenvalue weighted by atomic mass is 19.3. The van der Waals surface area contributed by atoms with Crippen molar-refractivity contribution < 1.29 is 13.9 Å². The van der Waals surface area contributed by atoms with E-state index in [1.54, 1.807) is 0 Å². The number of β-amino-alcohol motifs (C(OH)–C–C–N with tert-alkyl or cyclic N) is 1. The van der Waals surface area contributed by atoms with Crippen molar-refractivity contribution in [3.05, 3.63) is 17.8 Å². The smallest absolute Gasteiger partial charge is 0.257 e. The number of aromatic nitrogens is 2. The molecule has 1 aromatic rings. The first-order valence-corrected chi connectivity index (χ1v) is 7.72. The van der Waals surface area contributed by atoms with Gasteiger partial charge in [0.25, 0.3) is 5.92 Å². The monoisotopic (exact) mass is 312 g/mol. The molecule has 2 saturated heterocycles. The molecular weight excluding hydrogens is 290 g/mol. The Morgan fingerprint density at radius 2 is 2.00 bits per heavy atom. The van der Waals surface area contributed by atoms with E-state index in [1.807, 2.05) is 28.9 Å². The van der Waals surface area contributed by atoms with Crippen molar-refractivity contribution >= 4 is 5.82 Å². The maximum absolute atomic E-state index is 14.6. The number of alkyl halides is 2. The van der Waals surface area contributed by atoms with E-state index in [9.17, 15) is 8.78 Å². The zero-order valence-corrected chi connectivity index (χ0v) is 12.8. The van der Waals surface area contributed by atoms with Crippen molar-refractivity contribution in [3.63, 3.8) is 0 Å². The minimum Gasteiger partial charge on any atom is -0.395 e. The average molecular weight is 312 g/mol. The molecule has 7 heteroatoms. The topological polar surface area (TPSA) is 52.5 Å². The molecule has 5 nitrogen and oxygen atoms in total. The van der Waals surface area contributed by atoms with E-state index in [0.717, 1.165) is 5.69 Å². The molecule has 3 rings (SSSR count). The number of likely N-dealkylation sites (tertiary alicyclic amines) is 1. The van der Waals surface area contributed by atoms with Crippen molar-refractivity contribution in [1.82, 2.24) is 15.1 Å². The largest absolute Gasteiger partial charge is 0.395 e. The maximum Gasteiger partial charge on any atom is 0.257 e. The molecule has 1 unspecified atom stereocenters. The fraction of sp³-hybridized carbons (Fsp3) is 0.733. The lowest BCUT2D eigenvalue weighted by Gasteiger charge is -2.45. The molecule has 2 aliphatic rings. The zero-order chi connectivity index (χ0) is 15.8. The number of hydrogen-bond acceptors (Lipinski definition) is 5. The number of anilines is 1. The van der Waals surface area contributed by atoms with E-state index < -0.39 is 11.3 Å². The first-order valence-electron chi connectivity index (χ1n) is 7.72. The standard InChI is InChI=1S/C15H22F2N4O/c1-12-2-3-13(19-18-12)21-7-4-14(11-21)10-20(8-9-22)6-5-15(14,16)17/h2-3,22H,4-11H2,1H3. The minimum atomic E-state index is -2.67. The molecule has 2 fully saturated rings. The molecule has 1 N–H and O–H groups in total. The normalized spacial score (nSPS) is 28.5. The second kappa shape index (κ2) is 5.70. The Bertz CT molecular complexity index is 525. The first-order chi connectivity index (χ1) is 10.5. The molecule has 122 valence electrons. The lowest BCUT2D eigenvalue weighted by atomic mass is 9.75. The first kappa shape index (κ1) is 15.6. The zero-order valence-electron chi connectivity index (χ0n) is 12.8. The highest BCUT2D eigenvalue weighted by molar-refractivity contribution is 5.40. The summed E-state index contributed by atoms with van der Waals surface area (Å²) in [7, 11) is 0. The van der Waals surface area contributed by atoms with Crippen molar-refractivity contribution in [1.29, 1.82) is 0 Å². The summed E-state index contributed by atoms with van der Waals surface area (Å²) < 4.78 is 29.2. The highest BCUT2D eigenvalue weighted by Gasteiger charge is 2.59. The van der Waals surface area contributed by atoms with E-state index in [-0.39, 0.29) is 13.0 Å². The molecule has 0 aromatic carbocycles. The van der Waals surface area contributed by atoms with Crippen LogP contribution >= 0.6 is 0 Å². The number of piperidine rings is 1. The Kier molecular flexibility index (Phi) is 4.03. The van der Waals surface area contributed by atoms with Gasteiger partial charge in [-0.1, -0.05) is 0 Å². The van der Waals surface area contributed by atoms with Gasteiger partial charge in [0, 0.05) is 39.1 Å². The quantitative estimate of drug-likeness (QED) is 0.912. The van der Waals surface area contributed by atoms with Gasteiger partial charge in [-0.05, 0) is 25.5 Å². The van der Waals surface area contributed by atoms with Crippen LogP contribution in [0.4, 0.5) is 14.6 Å². The van der Waals surface area contributed by atoms with Crippen LogP contribution in [-0.2, 0) is 0 Å². The lowest BCUT2D eigenvalue weighted by Crippen LogP contribution is -2.57. The molecule has 22 heavy (non-hydrogen) atoms. The third-order valence-electron chi connectivity index (χ3n) is 4.92. The molecule has 1 spiro atoms. The molecule has 2 aliphatic heterocycles. The van der Waals surface area contributed by atoms with Crippen LogP contribution in [0, 0.1) is 12.3 Å². The highest BCUT2D eigenvalue weighted by Crippen LogP contribution is 2.49. The lowest BCUT2D eigenvalue weighted by molar-refractivity contribution is -0.158. The van der Waals surface area contributed by atoms with Crippen LogP contribution in [-0.4, -0.2) is 65.5 Å². The van der Waals surface area contributed by atoms with E-state index >= 15 is 0 Å². The molecule has 1 atom stereocenters. The Balaban J connectivity index is 1.79. The van der Waals surface area contributed by atoms with Gasteiger partial charge < -0.3 is 10.0 Å². The Hall–Kier alpha value is -1.34. The van der Waals surface area contributed by atoms with Gasteiger partial charge >= 0.3 is 0 Å². The summed E-state index contributed by atoms with van der Waals surface area (Å²) in [5, 5.41) is 17.2. The molecule has 0 radical (unpaired) electrons. The minimum absolute atomic E-state index is 0.00873. The summed E-state index contributed by atoms with van der Waals surface area (Å²) in [4.78, 5) is 3.85. The number of hydrogen-bond donors (Lipinski definition) is 1. The maximum atomic E-state index is 14.6. The molecule has 0 saturated carbocycles. The van der Waals surface area contributed by atoms with Crippen LogP contribution in [0.15, 0.2) is 12.1 Å². The summed E-state index contributed by atoms with van der Waals surface area (Å²) in [6.45, 7) is 3.86. The van der Waals surface area contributed by atoms with Gasteiger partial charge in [-0.2, -0.15) is 5.10 Å². The number of aliphatic hydroxyl groups excluding tert-OH is 1. The molecule has 3 heterocycles. The van der Waals surface area contributed by atoms with Crippen LogP contribution < -0.4 is 4.90 Å². The van der Waals surface area contributed by atoms with Crippen LogP contribution in [0.3, 0.4) is 0 Å². The van der Waals surface area contributed by atoms with Crippen LogP contribution in [0.5, 0.6) is 0 Å². The van der Waals surface area contributed by atoms with Gasteiger partial charge in [0.15, 0.2) is 5.82 Å². The van der Waals surface area contributed by atoms with Crippen molar-refractivity contribution in [2.75, 3.05) is 44.2 Å². The summed E-state index contributed by atoms with van der Waals surface area (Å²) in [6.07, 6.45) is 0.303. The summed E-state index contributed by atoms with van der Waals surface area (Å²) >= 11 is 0. The number of aliphatic hydroxyl groups is 1. The second-order valence-corrected chi connectivity index (χ2v) is 6.44. The van der Waals surface area contributed by atoms with Gasteiger partial charge in [0.1, 0.15) is 0 Å². The fourth-order valence-corrected chi connectivity index (χ4v) is 3.57. The molecule has 0 aliphatic carbocycles. The number of rotatable bonds is 3. The Morgan fingerprint density at radius 1 is 1.18 bits per heavy atom. The van der Waals surface area contributed by atoms with Crippen LogP contribution in [0.25, 0.3) is 0 Å². The van der Waals surface area contributed by atoms with Crippen molar-refractivity contribution in [2.45, 2.75) is 25.7 Å². The van der Waals surface area contributed by atoms with Crippen molar-refractivity contribution in [3.8, 4) is 0 Å². The van der Waals surface area contributed by atoms with E-state index in [0.29, 0.717) is 45.0 Å². The molecular formula is C15H22F2N4O. The third-order valence-corrected chi connectivity index (χ3v) is 4.92. The third kappa shape index (κ3) is 2.67. The van der Waals surface area contributed by atoms with Gasteiger partial charge in [-0.25, -0.2) is 8.78 Å².